The molecule has 0 fully saturated rings. The maximum atomic E-state index is 12.5. The Morgan fingerprint density at radius 2 is 2.07 bits per heavy atom. The molecule has 0 saturated carbocycles. The molecule has 0 bridgehead atoms. The van der Waals surface area contributed by atoms with Gasteiger partial charge in [-0.1, -0.05) is 6.92 Å². The van der Waals surface area contributed by atoms with Crippen molar-refractivity contribution in [2.45, 2.75) is 24.7 Å². The van der Waals surface area contributed by atoms with Crippen LogP contribution in [0, 0.1) is 5.82 Å². The van der Waals surface area contributed by atoms with Gasteiger partial charge in [-0.2, -0.15) is 0 Å². The lowest BCUT2D eigenvalue weighted by Gasteiger charge is -2.00. The molecule has 0 aliphatic rings. The summed E-state index contributed by atoms with van der Waals surface area (Å²) in [6.07, 6.45) is 1.18. The van der Waals surface area contributed by atoms with Gasteiger partial charge in [0.05, 0.1) is 12.0 Å². The first-order chi connectivity index (χ1) is 6.72. The van der Waals surface area contributed by atoms with E-state index >= 15 is 0 Å². The van der Waals surface area contributed by atoms with Gasteiger partial charge in [-0.15, -0.1) is 0 Å². The second-order valence-corrected chi connectivity index (χ2v) is 3.55. The number of carbonyl (C=O) groups is 1. The molecule has 1 rings (SSSR count). The molecular formula is C10H11FO2S. The fourth-order valence-corrected chi connectivity index (χ4v) is 1.35. The van der Waals surface area contributed by atoms with E-state index in [0.717, 1.165) is 23.4 Å². The Bertz CT molecular complexity index is 297. The van der Waals surface area contributed by atoms with Crippen molar-refractivity contribution in [1.82, 2.24) is 0 Å². The first-order valence-corrected chi connectivity index (χ1v) is 5.09. The van der Waals surface area contributed by atoms with Gasteiger partial charge >= 0.3 is 5.97 Å². The van der Waals surface area contributed by atoms with Crippen LogP contribution in [0.4, 0.5) is 4.39 Å². The highest BCUT2D eigenvalue weighted by atomic mass is 32.2. The number of hydrogen-bond acceptors (Lipinski definition) is 3. The summed E-state index contributed by atoms with van der Waals surface area (Å²) in [7, 11) is 0. The maximum absolute atomic E-state index is 12.5. The van der Waals surface area contributed by atoms with E-state index in [1.165, 1.54) is 12.1 Å². The Morgan fingerprint density at radius 1 is 1.43 bits per heavy atom. The molecule has 0 amide bonds. The smallest absolute Gasteiger partial charge is 0.318 e. The first kappa shape index (κ1) is 11.0. The molecule has 0 heterocycles. The molecule has 1 aromatic carbocycles. The highest BCUT2D eigenvalue weighted by molar-refractivity contribution is 7.95. The van der Waals surface area contributed by atoms with E-state index in [-0.39, 0.29) is 11.8 Å². The third-order valence-corrected chi connectivity index (χ3v) is 2.23. The summed E-state index contributed by atoms with van der Waals surface area (Å²) in [6.45, 7) is 1.91. The van der Waals surface area contributed by atoms with Crippen molar-refractivity contribution < 1.29 is 13.4 Å². The fourth-order valence-electron chi connectivity index (χ4n) is 0.831. The van der Waals surface area contributed by atoms with Crippen molar-refractivity contribution in [3.05, 3.63) is 30.1 Å². The highest BCUT2D eigenvalue weighted by Crippen LogP contribution is 2.19. The van der Waals surface area contributed by atoms with Gasteiger partial charge < -0.3 is 4.18 Å². The lowest BCUT2D eigenvalue weighted by molar-refractivity contribution is -0.133. The predicted octanol–water partition coefficient (Wildman–Crippen LogP) is 3.18. The van der Waals surface area contributed by atoms with Gasteiger partial charge in [0.25, 0.3) is 0 Å². The molecule has 0 saturated heterocycles. The summed E-state index contributed by atoms with van der Waals surface area (Å²) in [5, 5.41) is 0. The van der Waals surface area contributed by atoms with Crippen LogP contribution in [0.3, 0.4) is 0 Å². The van der Waals surface area contributed by atoms with Crippen molar-refractivity contribution in [2.75, 3.05) is 0 Å². The van der Waals surface area contributed by atoms with Gasteiger partial charge in [0.2, 0.25) is 0 Å². The Hall–Kier alpha value is -1.03. The average Bonchev–Trinajstić information content (AvgIpc) is 2.17. The van der Waals surface area contributed by atoms with E-state index in [0.29, 0.717) is 6.42 Å². The molecule has 0 aliphatic carbocycles. The van der Waals surface area contributed by atoms with Gasteiger partial charge in [-0.25, -0.2) is 4.39 Å². The van der Waals surface area contributed by atoms with Crippen LogP contribution in [0.25, 0.3) is 0 Å². The quantitative estimate of drug-likeness (QED) is 0.720. The van der Waals surface area contributed by atoms with Crippen molar-refractivity contribution in [1.29, 1.82) is 0 Å². The number of hydrogen-bond donors (Lipinski definition) is 0. The van der Waals surface area contributed by atoms with Gasteiger partial charge in [-0.05, 0) is 30.7 Å². The van der Waals surface area contributed by atoms with Crippen LogP contribution in [0.15, 0.2) is 29.2 Å². The van der Waals surface area contributed by atoms with Crippen LogP contribution in [0.5, 0.6) is 0 Å². The largest absolute Gasteiger partial charge is 0.386 e. The minimum absolute atomic E-state index is 0.248. The Kier molecular flexibility index (Phi) is 4.46. The van der Waals surface area contributed by atoms with Gasteiger partial charge in [0.1, 0.15) is 5.82 Å². The van der Waals surface area contributed by atoms with E-state index in [4.69, 9.17) is 4.18 Å². The predicted molar refractivity (Wildman–Crippen MR) is 53.3 cm³/mol. The number of halogens is 1. The summed E-state index contributed by atoms with van der Waals surface area (Å²) >= 11 is 0.961. The monoisotopic (exact) mass is 214 g/mol. The van der Waals surface area contributed by atoms with Crippen LogP contribution >= 0.6 is 12.0 Å². The molecule has 2 nitrogen and oxygen atoms in total. The molecule has 0 aliphatic heterocycles. The number of rotatable bonds is 4. The lowest BCUT2D eigenvalue weighted by atomic mass is 10.3. The fraction of sp³-hybridized carbons (Fsp3) is 0.300. The van der Waals surface area contributed by atoms with Crippen LogP contribution in [0.2, 0.25) is 0 Å². The SMILES string of the molecule is CCCC(=O)OSc1ccc(F)cc1. The standard InChI is InChI=1S/C10H11FO2S/c1-2-3-10(12)13-14-9-6-4-8(11)5-7-9/h4-7H,2-3H2,1H3. The Labute approximate surface area is 86.7 Å². The lowest BCUT2D eigenvalue weighted by Crippen LogP contribution is -1.96. The average molecular weight is 214 g/mol. The van der Waals surface area contributed by atoms with Crippen LogP contribution < -0.4 is 0 Å². The molecule has 0 aromatic heterocycles. The first-order valence-electron chi connectivity index (χ1n) is 4.35. The zero-order valence-corrected chi connectivity index (χ0v) is 8.64. The molecule has 14 heavy (non-hydrogen) atoms. The summed E-state index contributed by atoms with van der Waals surface area (Å²) in [5.74, 6) is -0.545. The summed E-state index contributed by atoms with van der Waals surface area (Å²) < 4.78 is 17.4. The van der Waals surface area contributed by atoms with Crippen LogP contribution in [-0.4, -0.2) is 5.97 Å². The molecule has 0 atom stereocenters. The molecule has 0 radical (unpaired) electrons. The maximum Gasteiger partial charge on any atom is 0.318 e. The minimum atomic E-state index is -0.297. The molecule has 76 valence electrons. The Morgan fingerprint density at radius 3 is 2.64 bits per heavy atom. The molecule has 4 heteroatoms. The number of carbonyl (C=O) groups excluding carboxylic acids is 1. The van der Waals surface area contributed by atoms with Crippen molar-refractivity contribution in [2.24, 2.45) is 0 Å². The van der Waals surface area contributed by atoms with E-state index in [2.05, 4.69) is 0 Å². The van der Waals surface area contributed by atoms with E-state index in [1.807, 2.05) is 6.92 Å². The molecular weight excluding hydrogens is 203 g/mol. The third kappa shape index (κ3) is 3.79. The molecule has 0 spiro atoms. The summed E-state index contributed by atoms with van der Waals surface area (Å²) in [6, 6.07) is 5.80. The highest BCUT2D eigenvalue weighted by Gasteiger charge is 2.02. The second kappa shape index (κ2) is 5.65. The molecule has 0 unspecified atom stereocenters. The zero-order valence-electron chi connectivity index (χ0n) is 7.83. The van der Waals surface area contributed by atoms with E-state index < -0.39 is 0 Å². The van der Waals surface area contributed by atoms with Gasteiger partial charge in [0, 0.05) is 11.3 Å². The Balaban J connectivity index is 2.38. The minimum Gasteiger partial charge on any atom is -0.386 e. The van der Waals surface area contributed by atoms with Crippen molar-refractivity contribution in [3.8, 4) is 0 Å². The van der Waals surface area contributed by atoms with Gasteiger partial charge in [-0.3, -0.25) is 4.79 Å². The van der Waals surface area contributed by atoms with E-state index in [1.54, 1.807) is 12.1 Å². The van der Waals surface area contributed by atoms with Crippen LogP contribution in [-0.2, 0) is 8.98 Å². The van der Waals surface area contributed by atoms with Crippen molar-refractivity contribution >= 4 is 18.0 Å². The topological polar surface area (TPSA) is 26.3 Å². The van der Waals surface area contributed by atoms with E-state index in [9.17, 15) is 9.18 Å². The second-order valence-electron chi connectivity index (χ2n) is 2.74. The van der Waals surface area contributed by atoms with Crippen molar-refractivity contribution in [3.63, 3.8) is 0 Å². The summed E-state index contributed by atoms with van der Waals surface area (Å²) in [5.41, 5.74) is 0. The molecule has 0 N–H and O–H groups in total. The summed E-state index contributed by atoms with van der Waals surface area (Å²) in [4.78, 5) is 11.7. The number of benzene rings is 1. The zero-order chi connectivity index (χ0) is 10.4. The molecule has 1 aromatic rings. The third-order valence-electron chi connectivity index (χ3n) is 1.50. The normalized spacial score (nSPS) is 9.86. The van der Waals surface area contributed by atoms with Gasteiger partial charge in [0.15, 0.2) is 0 Å². The van der Waals surface area contributed by atoms with Crippen LogP contribution in [0.1, 0.15) is 19.8 Å².